The van der Waals surface area contributed by atoms with Crippen LogP contribution in [0.5, 0.6) is 0 Å². The maximum Gasteiger partial charge on any atom is 0.490 e. The highest BCUT2D eigenvalue weighted by Gasteiger charge is 2.41. The largest absolute Gasteiger partial charge is 0.490 e. The topological polar surface area (TPSA) is 124 Å². The van der Waals surface area contributed by atoms with Crippen LogP contribution < -0.4 is 10.5 Å². The number of rotatable bonds is 3. The number of amides is 2. The molecule has 1 atom stereocenters. The molecular formula is C29H23F3N4O5. The van der Waals surface area contributed by atoms with Crippen LogP contribution in [0.25, 0.3) is 22.0 Å². The molecule has 0 radical (unpaired) electrons. The van der Waals surface area contributed by atoms with E-state index < -0.39 is 18.1 Å². The fraction of sp³-hybridized carbons (Fsp3) is 0.207. The Hall–Kier alpha value is -5.00. The number of carbonyl (C=O) groups excluding carboxylic acids is 2. The van der Waals surface area contributed by atoms with Gasteiger partial charge in [-0.15, -0.1) is 0 Å². The highest BCUT2D eigenvalue weighted by Crippen LogP contribution is 2.32. The van der Waals surface area contributed by atoms with Gasteiger partial charge in [0.1, 0.15) is 5.92 Å². The van der Waals surface area contributed by atoms with E-state index in [9.17, 15) is 27.6 Å². The number of nitrogens with zero attached hydrogens (tertiary/aromatic N) is 3. The first-order chi connectivity index (χ1) is 19.5. The summed E-state index contributed by atoms with van der Waals surface area (Å²) in [5, 5.41) is 15.3. The Kier molecular flexibility index (Phi) is 7.31. The van der Waals surface area contributed by atoms with E-state index in [1.165, 1.54) is 0 Å². The number of carboxylic acid groups (broad SMARTS) is 1. The minimum absolute atomic E-state index is 0.0933. The van der Waals surface area contributed by atoms with Crippen molar-refractivity contribution >= 4 is 34.2 Å². The fourth-order valence-corrected chi connectivity index (χ4v) is 5.01. The van der Waals surface area contributed by atoms with Crippen molar-refractivity contribution in [1.29, 1.82) is 0 Å². The van der Waals surface area contributed by atoms with Crippen molar-refractivity contribution in [3.05, 3.63) is 94.3 Å². The molecule has 3 heterocycles. The highest BCUT2D eigenvalue weighted by atomic mass is 19.4. The lowest BCUT2D eigenvalue weighted by molar-refractivity contribution is -0.192. The molecule has 9 nitrogen and oxygen atoms in total. The summed E-state index contributed by atoms with van der Waals surface area (Å²) in [6.45, 7) is 1.64. The third-order valence-corrected chi connectivity index (χ3v) is 7.05. The maximum absolute atomic E-state index is 13.2. The molecule has 3 aromatic carbocycles. The number of hydrogen-bond donors (Lipinski definition) is 2. The SMILES string of the molecule is O=C(C1CCN(c2ccc(-c3n[nH]c(=O)c4ccccc34)cc2)C1=O)N1Cc2ccccc2C1.O=C(O)C(F)(F)F. The minimum atomic E-state index is -5.08. The zero-order chi connectivity index (χ0) is 29.3. The maximum atomic E-state index is 13.2. The van der Waals surface area contributed by atoms with Gasteiger partial charge in [0.25, 0.3) is 5.56 Å². The van der Waals surface area contributed by atoms with Crippen LogP contribution in [0.15, 0.2) is 77.6 Å². The lowest BCUT2D eigenvalue weighted by Crippen LogP contribution is -2.37. The number of fused-ring (bicyclic) bond motifs is 2. The van der Waals surface area contributed by atoms with Gasteiger partial charge in [-0.1, -0.05) is 54.6 Å². The normalized spacial score (nSPS) is 16.4. The molecule has 2 aliphatic heterocycles. The van der Waals surface area contributed by atoms with Gasteiger partial charge in [0.05, 0.1) is 11.1 Å². The number of aromatic amines is 1. The van der Waals surface area contributed by atoms with Crippen molar-refractivity contribution in [2.75, 3.05) is 11.4 Å². The molecule has 2 N–H and O–H groups in total. The van der Waals surface area contributed by atoms with E-state index in [0.29, 0.717) is 37.1 Å². The van der Waals surface area contributed by atoms with E-state index in [1.807, 2.05) is 66.7 Å². The number of aromatic nitrogens is 2. The number of nitrogens with one attached hydrogen (secondary N) is 1. The average molecular weight is 565 g/mol. The van der Waals surface area contributed by atoms with Crippen LogP contribution >= 0.6 is 0 Å². The molecule has 1 aromatic heterocycles. The highest BCUT2D eigenvalue weighted by molar-refractivity contribution is 6.09. The smallest absolute Gasteiger partial charge is 0.475 e. The molecule has 0 spiro atoms. The summed E-state index contributed by atoms with van der Waals surface area (Å²) in [5.74, 6) is -3.64. The van der Waals surface area contributed by atoms with Gasteiger partial charge in [0.15, 0.2) is 0 Å². The van der Waals surface area contributed by atoms with Crippen LogP contribution in [-0.2, 0) is 27.5 Å². The number of anilines is 1. The Balaban J connectivity index is 0.000000431. The molecule has 4 aromatic rings. The van der Waals surface area contributed by atoms with Crippen LogP contribution in [0.1, 0.15) is 17.5 Å². The average Bonchev–Trinajstić information content (AvgIpc) is 3.57. The third-order valence-electron chi connectivity index (χ3n) is 7.05. The van der Waals surface area contributed by atoms with Crippen LogP contribution in [0.2, 0.25) is 0 Å². The van der Waals surface area contributed by atoms with E-state index >= 15 is 0 Å². The van der Waals surface area contributed by atoms with Gasteiger partial charge < -0.3 is 14.9 Å². The Bertz CT molecular complexity index is 1680. The van der Waals surface area contributed by atoms with Crippen LogP contribution in [0, 0.1) is 5.92 Å². The molecule has 12 heteroatoms. The Morgan fingerprint density at radius 1 is 0.878 bits per heavy atom. The fourth-order valence-electron chi connectivity index (χ4n) is 5.01. The lowest BCUT2D eigenvalue weighted by Gasteiger charge is -2.20. The summed E-state index contributed by atoms with van der Waals surface area (Å²) in [5.41, 5.74) is 4.34. The number of carbonyl (C=O) groups is 3. The Labute approximate surface area is 230 Å². The number of H-pyrrole nitrogens is 1. The first-order valence-electron chi connectivity index (χ1n) is 12.6. The van der Waals surface area contributed by atoms with E-state index in [0.717, 1.165) is 27.8 Å². The Morgan fingerprint density at radius 3 is 2.02 bits per heavy atom. The molecule has 2 aliphatic rings. The molecule has 1 unspecified atom stereocenters. The number of hydrogen-bond acceptors (Lipinski definition) is 5. The number of halogens is 3. The predicted octanol–water partition coefficient (Wildman–Crippen LogP) is 4.12. The summed E-state index contributed by atoms with van der Waals surface area (Å²) in [4.78, 5) is 50.8. The molecule has 0 aliphatic carbocycles. The third kappa shape index (κ3) is 5.53. The van der Waals surface area contributed by atoms with Crippen molar-refractivity contribution in [1.82, 2.24) is 15.1 Å². The second-order valence-electron chi connectivity index (χ2n) is 9.59. The first kappa shape index (κ1) is 27.6. The molecule has 1 fully saturated rings. The molecule has 1 saturated heterocycles. The lowest BCUT2D eigenvalue weighted by atomic mass is 10.0. The van der Waals surface area contributed by atoms with Crippen molar-refractivity contribution in [2.45, 2.75) is 25.7 Å². The zero-order valence-electron chi connectivity index (χ0n) is 21.4. The van der Waals surface area contributed by atoms with E-state index in [-0.39, 0.29) is 17.4 Å². The summed E-state index contributed by atoms with van der Waals surface area (Å²) < 4.78 is 31.7. The van der Waals surface area contributed by atoms with Crippen molar-refractivity contribution in [3.8, 4) is 11.3 Å². The molecular weight excluding hydrogens is 541 g/mol. The first-order valence-corrected chi connectivity index (χ1v) is 12.6. The standard InChI is InChI=1S/C27H22N4O3.C2HF3O2/c32-25-22-8-4-3-7-21(22)24(28-29-25)17-9-11-20(12-10-17)31-14-13-23(27(31)34)26(33)30-15-18-5-1-2-6-19(18)16-30;3-2(4,5)1(6)7/h1-12,23H,13-16H2,(H,29,32);(H,6,7). The van der Waals surface area contributed by atoms with E-state index in [1.54, 1.807) is 15.9 Å². The number of aliphatic carboxylic acids is 1. The van der Waals surface area contributed by atoms with Gasteiger partial charge in [-0.3, -0.25) is 14.4 Å². The molecule has 41 heavy (non-hydrogen) atoms. The molecule has 2 amide bonds. The zero-order valence-corrected chi connectivity index (χ0v) is 21.4. The summed E-state index contributed by atoms with van der Waals surface area (Å²) >= 11 is 0. The molecule has 6 rings (SSSR count). The van der Waals surface area contributed by atoms with Crippen molar-refractivity contribution in [2.24, 2.45) is 5.92 Å². The summed E-state index contributed by atoms with van der Waals surface area (Å²) in [7, 11) is 0. The molecule has 210 valence electrons. The van der Waals surface area contributed by atoms with Crippen molar-refractivity contribution in [3.63, 3.8) is 0 Å². The van der Waals surface area contributed by atoms with E-state index in [4.69, 9.17) is 9.90 Å². The minimum Gasteiger partial charge on any atom is -0.475 e. The van der Waals surface area contributed by atoms with Crippen molar-refractivity contribution < 1.29 is 32.7 Å². The summed E-state index contributed by atoms with van der Waals surface area (Å²) in [6.07, 6.45) is -4.57. The Morgan fingerprint density at radius 2 is 1.44 bits per heavy atom. The summed E-state index contributed by atoms with van der Waals surface area (Å²) in [6, 6.07) is 22.9. The predicted molar refractivity (Wildman–Crippen MR) is 143 cm³/mol. The molecule has 0 saturated carbocycles. The van der Waals surface area contributed by atoms with Gasteiger partial charge >= 0.3 is 12.1 Å². The second kappa shape index (κ2) is 10.9. The van der Waals surface area contributed by atoms with Crippen LogP contribution in [0.4, 0.5) is 18.9 Å². The molecule has 0 bridgehead atoms. The number of carboxylic acids is 1. The van der Waals surface area contributed by atoms with Crippen LogP contribution in [0.3, 0.4) is 0 Å². The monoisotopic (exact) mass is 564 g/mol. The van der Waals surface area contributed by atoms with E-state index in [2.05, 4.69) is 10.2 Å². The number of benzene rings is 3. The van der Waals surface area contributed by atoms with Gasteiger partial charge in [-0.05, 0) is 35.7 Å². The quantitative estimate of drug-likeness (QED) is 0.361. The van der Waals surface area contributed by atoms with Crippen LogP contribution in [-0.4, -0.2) is 50.7 Å². The number of alkyl halides is 3. The van der Waals surface area contributed by atoms with Gasteiger partial charge in [-0.2, -0.15) is 18.3 Å². The van der Waals surface area contributed by atoms with Gasteiger partial charge in [-0.25, -0.2) is 9.89 Å². The van der Waals surface area contributed by atoms with Gasteiger partial charge in [0.2, 0.25) is 11.8 Å². The second-order valence-corrected chi connectivity index (χ2v) is 9.59. The van der Waals surface area contributed by atoms with Gasteiger partial charge in [0, 0.05) is 36.3 Å².